The number of ether oxygens (including phenoxy) is 1. The molecule has 1 saturated heterocycles. The molecular formula is C25H30N2O4. The van der Waals surface area contributed by atoms with Crippen molar-refractivity contribution in [2.24, 2.45) is 0 Å². The van der Waals surface area contributed by atoms with Crippen molar-refractivity contribution in [3.05, 3.63) is 59.7 Å². The quantitative estimate of drug-likeness (QED) is 0.756. The first kappa shape index (κ1) is 21.4. The summed E-state index contributed by atoms with van der Waals surface area (Å²) in [5, 5.41) is 10.1. The van der Waals surface area contributed by atoms with Crippen LogP contribution in [0.4, 0.5) is 4.79 Å². The van der Waals surface area contributed by atoms with Crippen molar-refractivity contribution in [2.75, 3.05) is 26.7 Å². The predicted octanol–water partition coefficient (Wildman–Crippen LogP) is 4.19. The summed E-state index contributed by atoms with van der Waals surface area (Å²) in [5.74, 6) is -1.02. The Labute approximate surface area is 183 Å². The van der Waals surface area contributed by atoms with E-state index in [4.69, 9.17) is 4.74 Å². The third kappa shape index (κ3) is 3.59. The van der Waals surface area contributed by atoms with Crippen molar-refractivity contribution in [3.63, 3.8) is 0 Å². The van der Waals surface area contributed by atoms with Crippen LogP contribution in [0, 0.1) is 0 Å². The molecule has 2 atom stereocenters. The van der Waals surface area contributed by atoms with E-state index in [0.717, 1.165) is 22.3 Å². The van der Waals surface area contributed by atoms with Gasteiger partial charge in [0.25, 0.3) is 0 Å². The van der Waals surface area contributed by atoms with Crippen LogP contribution in [-0.4, -0.2) is 65.3 Å². The Hall–Kier alpha value is -2.86. The van der Waals surface area contributed by atoms with Gasteiger partial charge in [0.05, 0.1) is 0 Å². The molecule has 0 bridgehead atoms. The Kier molecular flexibility index (Phi) is 5.75. The van der Waals surface area contributed by atoms with Gasteiger partial charge in [0, 0.05) is 25.0 Å². The number of carboxylic acid groups (broad SMARTS) is 1. The Morgan fingerprint density at radius 3 is 2.19 bits per heavy atom. The summed E-state index contributed by atoms with van der Waals surface area (Å²) in [4.78, 5) is 29.0. The van der Waals surface area contributed by atoms with Gasteiger partial charge in [0.15, 0.2) is 5.54 Å². The third-order valence-electron chi connectivity index (χ3n) is 6.81. The molecular weight excluding hydrogens is 392 g/mol. The molecule has 2 aliphatic rings. The van der Waals surface area contributed by atoms with Gasteiger partial charge in [-0.15, -0.1) is 0 Å². The average molecular weight is 423 g/mol. The van der Waals surface area contributed by atoms with E-state index in [1.165, 1.54) is 4.90 Å². The van der Waals surface area contributed by atoms with E-state index in [9.17, 15) is 14.7 Å². The van der Waals surface area contributed by atoms with Gasteiger partial charge >= 0.3 is 12.1 Å². The number of nitrogens with zero attached hydrogens (tertiary/aromatic N) is 2. The first-order valence-corrected chi connectivity index (χ1v) is 10.9. The van der Waals surface area contributed by atoms with Crippen molar-refractivity contribution in [3.8, 4) is 11.1 Å². The highest BCUT2D eigenvalue weighted by Crippen LogP contribution is 2.44. The van der Waals surface area contributed by atoms with Crippen molar-refractivity contribution in [2.45, 2.75) is 44.2 Å². The molecule has 1 heterocycles. The van der Waals surface area contributed by atoms with Crippen LogP contribution in [0.5, 0.6) is 0 Å². The molecule has 1 aliphatic heterocycles. The molecule has 1 N–H and O–H groups in total. The molecule has 31 heavy (non-hydrogen) atoms. The number of benzene rings is 2. The number of hydrogen-bond acceptors (Lipinski definition) is 4. The van der Waals surface area contributed by atoms with E-state index in [-0.39, 0.29) is 18.6 Å². The lowest BCUT2D eigenvalue weighted by Gasteiger charge is -2.37. The Balaban J connectivity index is 1.58. The number of carbonyl (C=O) groups is 2. The summed E-state index contributed by atoms with van der Waals surface area (Å²) < 4.78 is 5.82. The zero-order chi connectivity index (χ0) is 22.2. The molecule has 0 radical (unpaired) electrons. The molecule has 1 aliphatic carbocycles. The molecule has 164 valence electrons. The minimum absolute atomic E-state index is 0.0502. The standard InChI is InChI=1S/C25H30N2O4/c1-4-13-27(25(23(28)29)14-17(2)26(3)16-25)24(30)31-15-22-20-11-7-5-9-18(20)19-10-6-8-12-21(19)22/h5-12,17,22H,4,13-16H2,1-3H3,(H,28,29). The van der Waals surface area contributed by atoms with Gasteiger partial charge in [-0.3, -0.25) is 4.90 Å². The monoisotopic (exact) mass is 422 g/mol. The van der Waals surface area contributed by atoms with Crippen molar-refractivity contribution in [1.82, 2.24) is 9.80 Å². The molecule has 1 amide bonds. The van der Waals surface area contributed by atoms with Crippen LogP contribution >= 0.6 is 0 Å². The Morgan fingerprint density at radius 2 is 1.71 bits per heavy atom. The van der Waals surface area contributed by atoms with Crippen molar-refractivity contribution >= 4 is 12.1 Å². The van der Waals surface area contributed by atoms with Crippen LogP contribution in [-0.2, 0) is 9.53 Å². The van der Waals surface area contributed by atoms with E-state index < -0.39 is 17.6 Å². The molecule has 2 aromatic rings. The first-order valence-electron chi connectivity index (χ1n) is 10.9. The summed E-state index contributed by atoms with van der Waals surface area (Å²) >= 11 is 0. The second-order valence-electron chi connectivity index (χ2n) is 8.76. The number of hydrogen-bond donors (Lipinski definition) is 1. The predicted molar refractivity (Wildman–Crippen MR) is 119 cm³/mol. The van der Waals surface area contributed by atoms with Gasteiger partial charge < -0.3 is 14.7 Å². The van der Waals surface area contributed by atoms with Crippen LogP contribution < -0.4 is 0 Å². The van der Waals surface area contributed by atoms with Gasteiger partial charge in [-0.25, -0.2) is 9.59 Å². The zero-order valence-electron chi connectivity index (χ0n) is 18.4. The van der Waals surface area contributed by atoms with Gasteiger partial charge in [-0.05, 0) is 49.1 Å². The van der Waals surface area contributed by atoms with E-state index in [1.807, 2.05) is 50.1 Å². The van der Waals surface area contributed by atoms with Gasteiger partial charge in [0.2, 0.25) is 0 Å². The van der Waals surface area contributed by atoms with Gasteiger partial charge in [0.1, 0.15) is 6.61 Å². The molecule has 2 aromatic carbocycles. The van der Waals surface area contributed by atoms with E-state index in [2.05, 4.69) is 24.3 Å². The van der Waals surface area contributed by atoms with Crippen molar-refractivity contribution in [1.29, 1.82) is 0 Å². The van der Waals surface area contributed by atoms with Crippen LogP contribution in [0.1, 0.15) is 43.7 Å². The highest BCUT2D eigenvalue weighted by molar-refractivity contribution is 5.85. The minimum atomic E-state index is -1.26. The molecule has 6 heteroatoms. The van der Waals surface area contributed by atoms with Crippen LogP contribution in [0.15, 0.2) is 48.5 Å². The normalized spacial score (nSPS) is 22.7. The topological polar surface area (TPSA) is 70.1 Å². The van der Waals surface area contributed by atoms with E-state index >= 15 is 0 Å². The first-order chi connectivity index (χ1) is 14.9. The maximum Gasteiger partial charge on any atom is 0.410 e. The SMILES string of the molecule is CCCN(C(=O)OCC1c2ccccc2-c2ccccc21)C1(C(=O)O)CC(C)N(C)C1. The van der Waals surface area contributed by atoms with Crippen molar-refractivity contribution < 1.29 is 19.4 Å². The van der Waals surface area contributed by atoms with Gasteiger partial charge in [-0.2, -0.15) is 0 Å². The Bertz CT molecular complexity index is 933. The maximum atomic E-state index is 13.2. The molecule has 1 fully saturated rings. The molecule has 0 saturated carbocycles. The molecule has 2 unspecified atom stereocenters. The number of carbonyl (C=O) groups excluding carboxylic acids is 1. The second kappa shape index (κ2) is 8.35. The number of fused-ring (bicyclic) bond motifs is 3. The number of amides is 1. The fourth-order valence-corrected chi connectivity index (χ4v) is 5.12. The molecule has 4 rings (SSSR count). The fraction of sp³-hybridized carbons (Fsp3) is 0.440. The Morgan fingerprint density at radius 1 is 1.13 bits per heavy atom. The summed E-state index contributed by atoms with van der Waals surface area (Å²) in [6, 6.07) is 16.4. The average Bonchev–Trinajstić information content (AvgIpc) is 3.25. The van der Waals surface area contributed by atoms with Crippen LogP contribution in [0.25, 0.3) is 11.1 Å². The highest BCUT2D eigenvalue weighted by atomic mass is 16.6. The third-order valence-corrected chi connectivity index (χ3v) is 6.81. The fourth-order valence-electron chi connectivity index (χ4n) is 5.12. The van der Waals surface area contributed by atoms with Crippen LogP contribution in [0.2, 0.25) is 0 Å². The minimum Gasteiger partial charge on any atom is -0.479 e. The van der Waals surface area contributed by atoms with E-state index in [0.29, 0.717) is 25.9 Å². The number of aliphatic carboxylic acids is 1. The zero-order valence-corrected chi connectivity index (χ0v) is 18.4. The number of likely N-dealkylation sites (tertiary alicyclic amines) is 1. The lowest BCUT2D eigenvalue weighted by Crippen LogP contribution is -2.59. The summed E-state index contributed by atoms with van der Waals surface area (Å²) in [7, 11) is 1.90. The van der Waals surface area contributed by atoms with Gasteiger partial charge in [-0.1, -0.05) is 55.5 Å². The second-order valence-corrected chi connectivity index (χ2v) is 8.76. The number of rotatable bonds is 6. The summed E-state index contributed by atoms with van der Waals surface area (Å²) in [5.41, 5.74) is 3.35. The highest BCUT2D eigenvalue weighted by Gasteiger charge is 2.53. The summed E-state index contributed by atoms with van der Waals surface area (Å²) in [6.45, 7) is 4.78. The van der Waals surface area contributed by atoms with E-state index in [1.54, 1.807) is 0 Å². The molecule has 0 aromatic heterocycles. The largest absolute Gasteiger partial charge is 0.479 e. The number of likely N-dealkylation sites (N-methyl/N-ethyl adjacent to an activating group) is 1. The molecule has 0 spiro atoms. The lowest BCUT2D eigenvalue weighted by molar-refractivity contribution is -0.150. The number of carboxylic acids is 1. The smallest absolute Gasteiger partial charge is 0.410 e. The maximum absolute atomic E-state index is 13.2. The lowest BCUT2D eigenvalue weighted by atomic mass is 9.94. The molecule has 6 nitrogen and oxygen atoms in total. The van der Waals surface area contributed by atoms with Crippen LogP contribution in [0.3, 0.4) is 0 Å². The summed E-state index contributed by atoms with van der Waals surface area (Å²) in [6.07, 6.45) is 0.508.